The quantitative estimate of drug-likeness (QED) is 0.793. The molecule has 1 heterocycles. The Morgan fingerprint density at radius 1 is 1.31 bits per heavy atom. The number of rotatable bonds is 3. The Morgan fingerprint density at radius 2 is 1.88 bits per heavy atom. The number of aliphatic carboxylic acids is 1. The Balaban J connectivity index is 2.13. The van der Waals surface area contributed by atoms with Gasteiger partial charge in [0.1, 0.15) is 5.54 Å². The third kappa shape index (κ3) is 1.96. The van der Waals surface area contributed by atoms with Crippen molar-refractivity contribution in [3.63, 3.8) is 0 Å². The van der Waals surface area contributed by atoms with Crippen LogP contribution in [0.4, 0.5) is 0 Å². The highest BCUT2D eigenvalue weighted by atomic mass is 16.5. The summed E-state index contributed by atoms with van der Waals surface area (Å²) >= 11 is 0. The first-order valence-corrected chi connectivity index (χ1v) is 6.21. The molecule has 1 saturated carbocycles. The van der Waals surface area contributed by atoms with Crippen LogP contribution in [0.15, 0.2) is 0 Å². The molecule has 0 bridgehead atoms. The Kier molecular flexibility index (Phi) is 3.50. The van der Waals surface area contributed by atoms with Crippen LogP contribution in [0, 0.1) is 0 Å². The first-order chi connectivity index (χ1) is 7.67. The number of hydrogen-bond acceptors (Lipinski definition) is 3. The average molecular weight is 227 g/mol. The highest BCUT2D eigenvalue weighted by molar-refractivity contribution is 5.79. The van der Waals surface area contributed by atoms with Crippen molar-refractivity contribution in [2.75, 3.05) is 20.3 Å². The highest BCUT2D eigenvalue weighted by Crippen LogP contribution is 2.34. The Labute approximate surface area is 96.6 Å². The van der Waals surface area contributed by atoms with E-state index in [0.29, 0.717) is 32.1 Å². The Hall–Kier alpha value is -0.610. The predicted molar refractivity (Wildman–Crippen MR) is 60.4 cm³/mol. The third-order valence-corrected chi connectivity index (χ3v) is 4.27. The van der Waals surface area contributed by atoms with Crippen molar-refractivity contribution in [3.8, 4) is 0 Å². The van der Waals surface area contributed by atoms with Gasteiger partial charge in [0.15, 0.2) is 0 Å². The SMILES string of the molecule is CN(C1CCCC1)C1(C(=O)O)CCOCC1. The fraction of sp³-hybridized carbons (Fsp3) is 0.917. The molecule has 4 nitrogen and oxygen atoms in total. The van der Waals surface area contributed by atoms with Crippen LogP contribution in [-0.2, 0) is 9.53 Å². The molecule has 16 heavy (non-hydrogen) atoms. The van der Waals surface area contributed by atoms with Gasteiger partial charge in [-0.3, -0.25) is 9.69 Å². The summed E-state index contributed by atoms with van der Waals surface area (Å²) in [5.74, 6) is -0.676. The lowest BCUT2D eigenvalue weighted by Crippen LogP contribution is -2.58. The van der Waals surface area contributed by atoms with Gasteiger partial charge < -0.3 is 9.84 Å². The number of ether oxygens (including phenoxy) is 1. The minimum atomic E-state index is -0.676. The molecule has 0 atom stereocenters. The molecule has 0 radical (unpaired) electrons. The molecule has 0 amide bonds. The van der Waals surface area contributed by atoms with Crippen LogP contribution < -0.4 is 0 Å². The smallest absolute Gasteiger partial charge is 0.324 e. The number of carboxylic acid groups (broad SMARTS) is 1. The van der Waals surface area contributed by atoms with Crippen molar-refractivity contribution in [2.45, 2.75) is 50.1 Å². The number of likely N-dealkylation sites (N-methyl/N-ethyl adjacent to an activating group) is 1. The van der Waals surface area contributed by atoms with Gasteiger partial charge in [0.25, 0.3) is 0 Å². The number of hydrogen-bond donors (Lipinski definition) is 1. The van der Waals surface area contributed by atoms with Gasteiger partial charge in [-0.15, -0.1) is 0 Å². The zero-order valence-electron chi connectivity index (χ0n) is 9.95. The monoisotopic (exact) mass is 227 g/mol. The van der Waals surface area contributed by atoms with Crippen LogP contribution in [0.2, 0.25) is 0 Å². The number of carbonyl (C=O) groups is 1. The van der Waals surface area contributed by atoms with E-state index in [1.54, 1.807) is 0 Å². The molecule has 92 valence electrons. The fourth-order valence-electron chi connectivity index (χ4n) is 3.07. The van der Waals surface area contributed by atoms with E-state index < -0.39 is 11.5 Å². The van der Waals surface area contributed by atoms with Crippen molar-refractivity contribution < 1.29 is 14.6 Å². The van der Waals surface area contributed by atoms with Gasteiger partial charge in [-0.25, -0.2) is 0 Å². The fourth-order valence-corrected chi connectivity index (χ4v) is 3.07. The maximum absolute atomic E-state index is 11.6. The minimum Gasteiger partial charge on any atom is -0.480 e. The summed E-state index contributed by atoms with van der Waals surface area (Å²) in [7, 11) is 1.98. The second-order valence-electron chi connectivity index (χ2n) is 5.00. The van der Waals surface area contributed by atoms with Gasteiger partial charge in [0.2, 0.25) is 0 Å². The first-order valence-electron chi connectivity index (χ1n) is 6.21. The molecule has 0 aromatic carbocycles. The molecule has 1 saturated heterocycles. The molecule has 4 heteroatoms. The van der Waals surface area contributed by atoms with Crippen LogP contribution in [0.1, 0.15) is 38.5 Å². The summed E-state index contributed by atoms with van der Waals surface area (Å²) in [4.78, 5) is 13.7. The average Bonchev–Trinajstić information content (AvgIpc) is 2.82. The van der Waals surface area contributed by atoms with E-state index in [4.69, 9.17) is 4.74 Å². The Bertz CT molecular complexity index is 255. The van der Waals surface area contributed by atoms with E-state index in [-0.39, 0.29) is 0 Å². The molecule has 0 aromatic rings. The molecular formula is C12H21NO3. The standard InChI is InChI=1S/C12H21NO3/c1-13(10-4-2-3-5-10)12(11(14)15)6-8-16-9-7-12/h10H,2-9H2,1H3,(H,14,15). The van der Waals surface area contributed by atoms with E-state index in [0.717, 1.165) is 12.8 Å². The van der Waals surface area contributed by atoms with Crippen LogP contribution in [-0.4, -0.2) is 47.8 Å². The zero-order chi connectivity index (χ0) is 11.6. The molecule has 2 fully saturated rings. The second kappa shape index (κ2) is 4.72. The minimum absolute atomic E-state index is 0.453. The molecule has 0 spiro atoms. The summed E-state index contributed by atoms with van der Waals surface area (Å²) in [6.45, 7) is 1.15. The molecular weight excluding hydrogens is 206 g/mol. The Morgan fingerprint density at radius 3 is 2.38 bits per heavy atom. The van der Waals surface area contributed by atoms with Gasteiger partial charge in [-0.05, 0) is 32.7 Å². The zero-order valence-corrected chi connectivity index (χ0v) is 9.95. The first kappa shape index (κ1) is 11.9. The summed E-state index contributed by atoms with van der Waals surface area (Å²) in [5.41, 5.74) is -0.673. The normalized spacial score (nSPS) is 26.1. The van der Waals surface area contributed by atoms with Crippen LogP contribution in [0.25, 0.3) is 0 Å². The number of carboxylic acids is 1. The van der Waals surface area contributed by atoms with Gasteiger partial charge in [-0.2, -0.15) is 0 Å². The van der Waals surface area contributed by atoms with E-state index >= 15 is 0 Å². The second-order valence-corrected chi connectivity index (χ2v) is 5.00. The molecule has 1 N–H and O–H groups in total. The molecule has 0 unspecified atom stereocenters. The van der Waals surface area contributed by atoms with Crippen molar-refractivity contribution in [1.82, 2.24) is 4.90 Å². The van der Waals surface area contributed by atoms with E-state index in [9.17, 15) is 9.90 Å². The topological polar surface area (TPSA) is 49.8 Å². The molecule has 2 rings (SSSR count). The van der Waals surface area contributed by atoms with Gasteiger partial charge in [0.05, 0.1) is 0 Å². The van der Waals surface area contributed by atoms with E-state index in [2.05, 4.69) is 4.90 Å². The van der Waals surface area contributed by atoms with Gasteiger partial charge >= 0.3 is 5.97 Å². The molecule has 2 aliphatic rings. The van der Waals surface area contributed by atoms with Crippen molar-refractivity contribution in [1.29, 1.82) is 0 Å². The van der Waals surface area contributed by atoms with E-state index in [1.165, 1.54) is 12.8 Å². The summed E-state index contributed by atoms with van der Waals surface area (Å²) in [5, 5.41) is 9.52. The van der Waals surface area contributed by atoms with E-state index in [1.807, 2.05) is 7.05 Å². The van der Waals surface area contributed by atoms with Crippen molar-refractivity contribution in [3.05, 3.63) is 0 Å². The lowest BCUT2D eigenvalue weighted by molar-refractivity contribution is -0.159. The maximum Gasteiger partial charge on any atom is 0.324 e. The number of nitrogens with zero attached hydrogens (tertiary/aromatic N) is 1. The lowest BCUT2D eigenvalue weighted by atomic mass is 9.87. The molecule has 0 aromatic heterocycles. The third-order valence-electron chi connectivity index (χ3n) is 4.27. The van der Waals surface area contributed by atoms with Crippen LogP contribution in [0.3, 0.4) is 0 Å². The molecule has 1 aliphatic heterocycles. The molecule has 1 aliphatic carbocycles. The summed E-state index contributed by atoms with van der Waals surface area (Å²) in [6, 6.07) is 0.453. The highest BCUT2D eigenvalue weighted by Gasteiger charge is 2.46. The summed E-state index contributed by atoms with van der Waals surface area (Å²) < 4.78 is 5.30. The predicted octanol–water partition coefficient (Wildman–Crippen LogP) is 1.49. The van der Waals surface area contributed by atoms with Gasteiger partial charge in [0, 0.05) is 19.3 Å². The largest absolute Gasteiger partial charge is 0.480 e. The van der Waals surface area contributed by atoms with Gasteiger partial charge in [-0.1, -0.05) is 12.8 Å². The van der Waals surface area contributed by atoms with Crippen molar-refractivity contribution in [2.24, 2.45) is 0 Å². The van der Waals surface area contributed by atoms with Crippen molar-refractivity contribution >= 4 is 5.97 Å². The van der Waals surface area contributed by atoms with Crippen LogP contribution in [0.5, 0.6) is 0 Å². The van der Waals surface area contributed by atoms with Crippen LogP contribution >= 0.6 is 0 Å². The lowest BCUT2D eigenvalue weighted by Gasteiger charge is -2.43. The maximum atomic E-state index is 11.6. The summed E-state index contributed by atoms with van der Waals surface area (Å²) in [6.07, 6.45) is 6.01.